The van der Waals surface area contributed by atoms with E-state index in [0.29, 0.717) is 0 Å². The summed E-state index contributed by atoms with van der Waals surface area (Å²) in [7, 11) is 4.00. The molecule has 0 aromatic rings. The highest BCUT2D eigenvalue weighted by molar-refractivity contribution is 5.85. The molecule has 0 saturated heterocycles. The summed E-state index contributed by atoms with van der Waals surface area (Å²) in [4.78, 5) is 2.00. The van der Waals surface area contributed by atoms with Crippen LogP contribution in [0.3, 0.4) is 0 Å². The van der Waals surface area contributed by atoms with Gasteiger partial charge in [-0.25, -0.2) is 0 Å². The summed E-state index contributed by atoms with van der Waals surface area (Å²) < 4.78 is 0. The van der Waals surface area contributed by atoms with Crippen LogP contribution in [0.2, 0.25) is 0 Å². The van der Waals surface area contributed by atoms with E-state index in [0.717, 1.165) is 0 Å². The molecule has 0 unspecified atom stereocenters. The summed E-state index contributed by atoms with van der Waals surface area (Å²) in [6.45, 7) is 2.00. The highest BCUT2D eigenvalue weighted by atomic mass is 35.5. The Morgan fingerprint density at radius 1 is 1.29 bits per heavy atom. The molecule has 0 aliphatic heterocycles. The Kier molecular flexibility index (Phi) is 8.29. The molecule has 1 nitrogen and oxygen atoms in total. The van der Waals surface area contributed by atoms with Crippen molar-refractivity contribution in [2.75, 3.05) is 14.1 Å². The van der Waals surface area contributed by atoms with Gasteiger partial charge in [0.2, 0.25) is 0 Å². The van der Waals surface area contributed by atoms with Gasteiger partial charge in [0.25, 0.3) is 0 Å². The Hall–Kier alpha value is -0.170. The van der Waals surface area contributed by atoms with E-state index in [9.17, 15) is 0 Å². The van der Waals surface area contributed by atoms with E-state index in [1.807, 2.05) is 38.2 Å². The van der Waals surface area contributed by atoms with Gasteiger partial charge >= 0.3 is 0 Å². The molecule has 0 spiro atoms. The normalized spacial score (nSPS) is 8.43. The van der Waals surface area contributed by atoms with E-state index < -0.39 is 0 Å². The minimum absolute atomic E-state index is 0. The summed E-state index contributed by atoms with van der Waals surface area (Å²) in [5.41, 5.74) is 0. The lowest BCUT2D eigenvalue weighted by Gasteiger charge is -1.99. The van der Waals surface area contributed by atoms with Gasteiger partial charge in [-0.05, 0) is 13.1 Å². The Morgan fingerprint density at radius 3 is 1.71 bits per heavy atom. The molecule has 44 valence electrons. The first kappa shape index (κ1) is 9.95. The van der Waals surface area contributed by atoms with E-state index in [1.54, 1.807) is 0 Å². The van der Waals surface area contributed by atoms with Gasteiger partial charge in [0.05, 0.1) is 0 Å². The van der Waals surface area contributed by atoms with Gasteiger partial charge in [-0.3, -0.25) is 0 Å². The van der Waals surface area contributed by atoms with Gasteiger partial charge < -0.3 is 4.90 Å². The van der Waals surface area contributed by atoms with E-state index in [1.165, 1.54) is 0 Å². The fraction of sp³-hybridized carbons (Fsp3) is 0.600. The van der Waals surface area contributed by atoms with Crippen LogP contribution in [0.5, 0.6) is 0 Å². The molecule has 0 heterocycles. The number of rotatable bonds is 1. The van der Waals surface area contributed by atoms with Crippen molar-refractivity contribution >= 4 is 12.4 Å². The van der Waals surface area contributed by atoms with E-state index in [-0.39, 0.29) is 12.4 Å². The zero-order valence-electron chi connectivity index (χ0n) is 5.01. The summed E-state index contributed by atoms with van der Waals surface area (Å²) >= 11 is 0. The predicted molar refractivity (Wildman–Crippen MR) is 35.7 cm³/mol. The van der Waals surface area contributed by atoms with Gasteiger partial charge in [-0.2, -0.15) is 0 Å². The van der Waals surface area contributed by atoms with Crippen LogP contribution in [0.4, 0.5) is 0 Å². The average molecular weight is 122 g/mol. The van der Waals surface area contributed by atoms with Crippen LogP contribution >= 0.6 is 12.4 Å². The number of allylic oxidation sites excluding steroid dienone is 1. The number of hydrogen-bond donors (Lipinski definition) is 0. The van der Waals surface area contributed by atoms with Gasteiger partial charge in [-0.15, -0.1) is 12.4 Å². The first-order valence-electron chi connectivity index (χ1n) is 2.06. The lowest BCUT2D eigenvalue weighted by atomic mass is 10.7. The molecule has 0 rings (SSSR count). The second-order valence-corrected chi connectivity index (χ2v) is 1.45. The number of hydrogen-bond acceptors (Lipinski definition) is 1. The fourth-order valence-corrected chi connectivity index (χ4v) is 0.298. The Labute approximate surface area is 51.4 Å². The van der Waals surface area contributed by atoms with Crippen molar-refractivity contribution in [1.29, 1.82) is 0 Å². The Balaban J connectivity index is 0. The van der Waals surface area contributed by atoms with E-state index in [4.69, 9.17) is 0 Å². The lowest BCUT2D eigenvalue weighted by Crippen LogP contribution is -1.98. The molecule has 0 amide bonds. The maximum absolute atomic E-state index is 2.00. The zero-order valence-corrected chi connectivity index (χ0v) is 5.83. The first-order chi connectivity index (χ1) is 2.77. The molecule has 0 aliphatic rings. The second-order valence-electron chi connectivity index (χ2n) is 1.45. The molecule has 0 radical (unpaired) electrons. The van der Waals surface area contributed by atoms with Crippen LogP contribution in [0, 0.1) is 0 Å². The molecule has 0 fully saturated rings. The highest BCUT2D eigenvalue weighted by Gasteiger charge is 1.65. The van der Waals surface area contributed by atoms with Crippen LogP contribution in [-0.4, -0.2) is 19.0 Å². The van der Waals surface area contributed by atoms with Crippen LogP contribution in [0.25, 0.3) is 0 Å². The molecule has 7 heavy (non-hydrogen) atoms. The quantitative estimate of drug-likeness (QED) is 0.508. The van der Waals surface area contributed by atoms with Crippen molar-refractivity contribution in [3.05, 3.63) is 12.3 Å². The van der Waals surface area contributed by atoms with Crippen molar-refractivity contribution in [2.24, 2.45) is 0 Å². The third-order valence-corrected chi connectivity index (χ3v) is 0.447. The summed E-state index contributed by atoms with van der Waals surface area (Å²) in [6.07, 6.45) is 4.00. The smallest absolute Gasteiger partial charge is 0.00555 e. The van der Waals surface area contributed by atoms with Crippen LogP contribution in [0.1, 0.15) is 6.92 Å². The van der Waals surface area contributed by atoms with Crippen molar-refractivity contribution < 1.29 is 0 Å². The highest BCUT2D eigenvalue weighted by Crippen LogP contribution is 1.71. The Bertz CT molecular complexity index is 50.0. The molecule has 0 aromatic heterocycles. The van der Waals surface area contributed by atoms with Crippen molar-refractivity contribution in [2.45, 2.75) is 6.92 Å². The maximum Gasteiger partial charge on any atom is 0.00555 e. The lowest BCUT2D eigenvalue weighted by molar-refractivity contribution is 0.563. The monoisotopic (exact) mass is 121 g/mol. The number of nitrogens with zero attached hydrogens (tertiary/aromatic N) is 1. The third kappa shape index (κ3) is 10.7. The fourth-order valence-electron chi connectivity index (χ4n) is 0.298. The predicted octanol–water partition coefficient (Wildman–Crippen LogP) is 1.50. The molecular weight excluding hydrogens is 110 g/mol. The van der Waals surface area contributed by atoms with Crippen LogP contribution < -0.4 is 0 Å². The molecule has 0 N–H and O–H groups in total. The topological polar surface area (TPSA) is 3.24 Å². The van der Waals surface area contributed by atoms with Gasteiger partial charge in [0.1, 0.15) is 0 Å². The largest absolute Gasteiger partial charge is 0.384 e. The first-order valence-corrected chi connectivity index (χ1v) is 2.06. The standard InChI is InChI=1S/C5H11N.ClH/c1-4-5-6(2)3;/h4-5H,1-3H3;1H/b5-4-;. The van der Waals surface area contributed by atoms with Crippen molar-refractivity contribution in [3.63, 3.8) is 0 Å². The average Bonchev–Trinajstić information content (AvgIpc) is 1.35. The number of halogens is 1. The Morgan fingerprint density at radius 2 is 1.71 bits per heavy atom. The molecule has 0 atom stereocenters. The summed E-state index contributed by atoms with van der Waals surface area (Å²) in [5.74, 6) is 0. The molecule has 0 saturated carbocycles. The van der Waals surface area contributed by atoms with Crippen LogP contribution in [0.15, 0.2) is 12.3 Å². The molecule has 0 aromatic carbocycles. The summed E-state index contributed by atoms with van der Waals surface area (Å²) in [6, 6.07) is 0. The van der Waals surface area contributed by atoms with Crippen molar-refractivity contribution in [1.82, 2.24) is 4.90 Å². The molecule has 0 aliphatic carbocycles. The van der Waals surface area contributed by atoms with Gasteiger partial charge in [0, 0.05) is 14.1 Å². The second kappa shape index (κ2) is 5.83. The van der Waals surface area contributed by atoms with Gasteiger partial charge in [0.15, 0.2) is 0 Å². The van der Waals surface area contributed by atoms with Crippen molar-refractivity contribution in [3.8, 4) is 0 Å². The molecule has 0 bridgehead atoms. The minimum Gasteiger partial charge on any atom is -0.384 e. The summed E-state index contributed by atoms with van der Waals surface area (Å²) in [5, 5.41) is 0. The molecule has 2 heteroatoms. The van der Waals surface area contributed by atoms with E-state index >= 15 is 0 Å². The minimum atomic E-state index is 0. The third-order valence-electron chi connectivity index (χ3n) is 0.447. The SMILES string of the molecule is C/C=C\N(C)C.Cl. The zero-order chi connectivity index (χ0) is 4.99. The maximum atomic E-state index is 2.00. The van der Waals surface area contributed by atoms with E-state index in [2.05, 4.69) is 0 Å². The van der Waals surface area contributed by atoms with Crippen LogP contribution in [-0.2, 0) is 0 Å². The van der Waals surface area contributed by atoms with Gasteiger partial charge in [-0.1, -0.05) is 6.08 Å². The molecular formula is C5H12ClN.